The number of alkyl carbamates (subject to hydrolysis) is 1. The van der Waals surface area contributed by atoms with Crippen molar-refractivity contribution in [1.29, 1.82) is 0 Å². The zero-order chi connectivity index (χ0) is 23.9. The average Bonchev–Trinajstić information content (AvgIpc) is 2.79. The van der Waals surface area contributed by atoms with Gasteiger partial charge < -0.3 is 14.8 Å². The quantitative estimate of drug-likeness (QED) is 0.103. The van der Waals surface area contributed by atoms with Crippen molar-refractivity contribution in [3.63, 3.8) is 0 Å². The molecule has 0 saturated heterocycles. The van der Waals surface area contributed by atoms with Crippen LogP contribution in [-0.4, -0.2) is 31.3 Å². The van der Waals surface area contributed by atoms with Crippen molar-refractivity contribution in [2.45, 2.75) is 130 Å². The molecule has 0 spiro atoms. The number of rotatable bonds is 22. The minimum Gasteiger partial charge on any atom is -0.464 e. The third-order valence-corrected chi connectivity index (χ3v) is 5.96. The molecule has 0 aromatic heterocycles. The fourth-order valence-electron chi connectivity index (χ4n) is 3.70. The molecular weight excluding hydrogens is 402 g/mol. The summed E-state index contributed by atoms with van der Waals surface area (Å²) in [6.45, 7) is 11.0. The molecular formula is C27H51NO4. The van der Waals surface area contributed by atoms with Crippen LogP contribution in [0.5, 0.6) is 0 Å². The standard InChI is InChI=1S/C27H51NO4/c1-5-9-11-12-13-14-15-16-17-18-19-22-31-26(29)25(20-7-3)28-27(30)32-23-24(8-4)21-10-6-2/h7,24-25H,3,5-6,8-23H2,1-2,4H3,(H,28,30). The summed E-state index contributed by atoms with van der Waals surface area (Å²) in [5.41, 5.74) is 0. The summed E-state index contributed by atoms with van der Waals surface area (Å²) in [5, 5.41) is 2.64. The van der Waals surface area contributed by atoms with E-state index < -0.39 is 18.1 Å². The van der Waals surface area contributed by atoms with Crippen LogP contribution < -0.4 is 5.32 Å². The van der Waals surface area contributed by atoms with E-state index >= 15 is 0 Å². The average molecular weight is 454 g/mol. The minimum absolute atomic E-state index is 0.333. The molecule has 0 saturated carbocycles. The third kappa shape index (κ3) is 18.1. The molecule has 0 aromatic rings. The first-order valence-electron chi connectivity index (χ1n) is 13.3. The van der Waals surface area contributed by atoms with Crippen molar-refractivity contribution < 1.29 is 19.1 Å². The number of carbonyl (C=O) groups is 2. The number of carbonyl (C=O) groups excluding carboxylic acids is 2. The van der Waals surface area contributed by atoms with Gasteiger partial charge in [0.1, 0.15) is 6.04 Å². The molecule has 2 atom stereocenters. The first kappa shape index (κ1) is 30.5. The lowest BCUT2D eigenvalue weighted by Crippen LogP contribution is -2.42. The predicted molar refractivity (Wildman–Crippen MR) is 134 cm³/mol. The first-order valence-corrected chi connectivity index (χ1v) is 13.3. The van der Waals surface area contributed by atoms with Gasteiger partial charge in [0.25, 0.3) is 0 Å². The van der Waals surface area contributed by atoms with Crippen LogP contribution in [0.3, 0.4) is 0 Å². The number of esters is 1. The molecule has 188 valence electrons. The summed E-state index contributed by atoms with van der Waals surface area (Å²) in [5.74, 6) is -0.0430. The fraction of sp³-hybridized carbons (Fsp3) is 0.852. The van der Waals surface area contributed by atoms with Crippen LogP contribution in [0.15, 0.2) is 12.7 Å². The lowest BCUT2D eigenvalue weighted by atomic mass is 10.0. The van der Waals surface area contributed by atoms with Crippen LogP contribution in [0.2, 0.25) is 0 Å². The van der Waals surface area contributed by atoms with E-state index in [0.717, 1.165) is 38.5 Å². The molecule has 1 N–H and O–H groups in total. The number of amides is 1. The second-order valence-corrected chi connectivity index (χ2v) is 8.94. The van der Waals surface area contributed by atoms with Gasteiger partial charge in [0, 0.05) is 0 Å². The highest BCUT2D eigenvalue weighted by Gasteiger charge is 2.22. The summed E-state index contributed by atoms with van der Waals surface area (Å²) in [4.78, 5) is 24.5. The zero-order valence-corrected chi connectivity index (χ0v) is 21.3. The van der Waals surface area contributed by atoms with E-state index in [-0.39, 0.29) is 0 Å². The van der Waals surface area contributed by atoms with Crippen molar-refractivity contribution in [2.24, 2.45) is 5.92 Å². The summed E-state index contributed by atoms with van der Waals surface area (Å²) < 4.78 is 10.7. The van der Waals surface area contributed by atoms with Crippen LogP contribution in [0.1, 0.15) is 124 Å². The van der Waals surface area contributed by atoms with Crippen molar-refractivity contribution in [3.8, 4) is 0 Å². The number of unbranched alkanes of at least 4 members (excludes halogenated alkanes) is 11. The van der Waals surface area contributed by atoms with Crippen molar-refractivity contribution in [1.82, 2.24) is 5.32 Å². The van der Waals surface area contributed by atoms with Crippen molar-refractivity contribution in [3.05, 3.63) is 12.7 Å². The van der Waals surface area contributed by atoms with Crippen molar-refractivity contribution >= 4 is 12.1 Å². The molecule has 5 nitrogen and oxygen atoms in total. The molecule has 0 heterocycles. The van der Waals surface area contributed by atoms with Crippen LogP contribution in [0, 0.1) is 5.92 Å². The molecule has 0 aliphatic carbocycles. The Morgan fingerprint density at radius 3 is 1.91 bits per heavy atom. The molecule has 0 rings (SSSR count). The van der Waals surface area contributed by atoms with Gasteiger partial charge in [-0.1, -0.05) is 110 Å². The van der Waals surface area contributed by atoms with Crippen LogP contribution in [-0.2, 0) is 14.3 Å². The number of ether oxygens (including phenoxy) is 2. The fourth-order valence-corrected chi connectivity index (χ4v) is 3.70. The molecule has 5 heteroatoms. The molecule has 32 heavy (non-hydrogen) atoms. The van der Waals surface area contributed by atoms with Crippen molar-refractivity contribution in [2.75, 3.05) is 13.2 Å². The Kier molecular flexibility index (Phi) is 21.6. The highest BCUT2D eigenvalue weighted by Crippen LogP contribution is 2.13. The summed E-state index contributed by atoms with van der Waals surface area (Å²) in [6, 6.07) is -0.733. The number of hydrogen-bond donors (Lipinski definition) is 1. The summed E-state index contributed by atoms with van der Waals surface area (Å²) in [6.07, 6.45) is 19.5. The van der Waals surface area contributed by atoms with E-state index in [2.05, 4.69) is 32.7 Å². The second kappa shape index (κ2) is 22.7. The molecule has 1 amide bonds. The van der Waals surface area contributed by atoms with E-state index in [1.807, 2.05) is 0 Å². The SMILES string of the molecule is C=CCC(NC(=O)OCC(CC)CCCC)C(=O)OCCCCCCCCCCCCC. The van der Waals surface area contributed by atoms with E-state index in [1.54, 1.807) is 6.08 Å². The predicted octanol–water partition coefficient (Wildman–Crippen LogP) is 7.73. The van der Waals surface area contributed by atoms with Gasteiger partial charge in [0.15, 0.2) is 0 Å². The van der Waals surface area contributed by atoms with Crippen LogP contribution in [0.25, 0.3) is 0 Å². The Labute approximate surface area is 198 Å². The highest BCUT2D eigenvalue weighted by molar-refractivity contribution is 5.81. The van der Waals surface area contributed by atoms with E-state index in [1.165, 1.54) is 57.8 Å². The topological polar surface area (TPSA) is 64.6 Å². The van der Waals surface area contributed by atoms with Gasteiger partial charge in [0.2, 0.25) is 0 Å². The van der Waals surface area contributed by atoms with Gasteiger partial charge in [-0.2, -0.15) is 0 Å². The van der Waals surface area contributed by atoms with E-state index in [0.29, 0.717) is 25.6 Å². The monoisotopic (exact) mass is 453 g/mol. The Morgan fingerprint density at radius 1 is 0.812 bits per heavy atom. The molecule has 0 radical (unpaired) electrons. The van der Waals surface area contributed by atoms with E-state index in [9.17, 15) is 9.59 Å². The normalized spacial score (nSPS) is 12.7. The lowest BCUT2D eigenvalue weighted by Gasteiger charge is -2.18. The molecule has 0 bridgehead atoms. The number of nitrogens with one attached hydrogen (secondary N) is 1. The smallest absolute Gasteiger partial charge is 0.407 e. The Morgan fingerprint density at radius 2 is 1.38 bits per heavy atom. The highest BCUT2D eigenvalue weighted by atomic mass is 16.6. The summed E-state index contributed by atoms with van der Waals surface area (Å²) >= 11 is 0. The molecule has 0 aromatic carbocycles. The number of hydrogen-bond acceptors (Lipinski definition) is 4. The van der Waals surface area contributed by atoms with Gasteiger partial charge in [0.05, 0.1) is 13.2 Å². The molecule has 2 unspecified atom stereocenters. The van der Waals surface area contributed by atoms with Gasteiger partial charge in [-0.15, -0.1) is 6.58 Å². The molecule has 0 fully saturated rings. The zero-order valence-electron chi connectivity index (χ0n) is 21.3. The maximum Gasteiger partial charge on any atom is 0.407 e. The first-order chi connectivity index (χ1) is 15.6. The Bertz CT molecular complexity index is 467. The lowest BCUT2D eigenvalue weighted by molar-refractivity contribution is -0.146. The van der Waals surface area contributed by atoms with Gasteiger partial charge >= 0.3 is 12.1 Å². The van der Waals surface area contributed by atoms with Gasteiger partial charge in [-0.3, -0.25) is 0 Å². The second-order valence-electron chi connectivity index (χ2n) is 8.94. The van der Waals surface area contributed by atoms with Crippen LogP contribution in [0.4, 0.5) is 4.79 Å². The minimum atomic E-state index is -0.733. The maximum atomic E-state index is 12.3. The largest absolute Gasteiger partial charge is 0.464 e. The summed E-state index contributed by atoms with van der Waals surface area (Å²) in [7, 11) is 0. The third-order valence-electron chi connectivity index (χ3n) is 5.96. The Hall–Kier alpha value is -1.52. The van der Waals surface area contributed by atoms with Gasteiger partial charge in [-0.25, -0.2) is 9.59 Å². The molecule has 0 aliphatic heterocycles. The van der Waals surface area contributed by atoms with Gasteiger partial charge in [-0.05, 0) is 25.2 Å². The molecule has 0 aliphatic rings. The van der Waals surface area contributed by atoms with Crippen LogP contribution >= 0.6 is 0 Å². The maximum absolute atomic E-state index is 12.3. The van der Waals surface area contributed by atoms with E-state index in [4.69, 9.17) is 9.47 Å². The Balaban J connectivity index is 3.93.